The second kappa shape index (κ2) is 9.08. The van der Waals surface area contributed by atoms with Gasteiger partial charge >= 0.3 is 5.97 Å². The number of hydrogen-bond acceptors (Lipinski definition) is 7. The predicted octanol–water partition coefficient (Wildman–Crippen LogP) is 4.86. The topological polar surface area (TPSA) is 80.3 Å². The lowest BCUT2D eigenvalue weighted by Gasteiger charge is -2.10. The van der Waals surface area contributed by atoms with Crippen LogP contribution in [0.25, 0.3) is 6.08 Å². The summed E-state index contributed by atoms with van der Waals surface area (Å²) in [5, 5.41) is 0. The van der Waals surface area contributed by atoms with Gasteiger partial charge in [-0.25, -0.2) is 4.79 Å². The molecule has 3 aromatic carbocycles. The summed E-state index contributed by atoms with van der Waals surface area (Å²) in [6, 6.07) is 15.2. The smallest absolute Gasteiger partial charge is 0.343 e. The largest absolute Gasteiger partial charge is 0.497 e. The van der Waals surface area contributed by atoms with Gasteiger partial charge in [-0.1, -0.05) is 18.2 Å². The zero-order valence-corrected chi connectivity index (χ0v) is 18.6. The minimum atomic E-state index is -0.547. The van der Waals surface area contributed by atoms with Gasteiger partial charge in [-0.2, -0.15) is 0 Å². The Hall–Kier alpha value is -4.26. The van der Waals surface area contributed by atoms with Gasteiger partial charge in [0.25, 0.3) is 0 Å². The van der Waals surface area contributed by atoms with E-state index in [-0.39, 0.29) is 17.3 Å². The minimum Gasteiger partial charge on any atom is -0.497 e. The molecule has 1 aliphatic rings. The van der Waals surface area contributed by atoms with Crippen molar-refractivity contribution in [3.63, 3.8) is 0 Å². The van der Waals surface area contributed by atoms with Crippen molar-refractivity contribution in [2.75, 3.05) is 21.3 Å². The zero-order valence-electron chi connectivity index (χ0n) is 18.6. The van der Waals surface area contributed by atoms with Crippen molar-refractivity contribution in [2.24, 2.45) is 0 Å². The summed E-state index contributed by atoms with van der Waals surface area (Å²) >= 11 is 0. The van der Waals surface area contributed by atoms with E-state index in [2.05, 4.69) is 0 Å². The summed E-state index contributed by atoms with van der Waals surface area (Å²) in [5.74, 6) is 1.49. The molecule has 168 valence electrons. The maximum absolute atomic E-state index is 13.0. The number of aryl methyl sites for hydroxylation is 1. The molecule has 0 aromatic heterocycles. The molecule has 0 saturated carbocycles. The number of carbonyl (C=O) groups excluding carboxylic acids is 2. The summed E-state index contributed by atoms with van der Waals surface area (Å²) in [4.78, 5) is 25.6. The Balaban J connectivity index is 1.63. The molecule has 0 N–H and O–H groups in total. The van der Waals surface area contributed by atoms with Gasteiger partial charge in [0.2, 0.25) is 5.78 Å². The van der Waals surface area contributed by atoms with Crippen LogP contribution in [-0.4, -0.2) is 33.1 Å². The van der Waals surface area contributed by atoms with Crippen molar-refractivity contribution in [3.8, 4) is 28.7 Å². The molecule has 7 nitrogen and oxygen atoms in total. The van der Waals surface area contributed by atoms with Crippen LogP contribution in [-0.2, 0) is 0 Å². The molecule has 0 radical (unpaired) electrons. The Kier molecular flexibility index (Phi) is 6.04. The van der Waals surface area contributed by atoms with E-state index >= 15 is 0 Å². The lowest BCUT2D eigenvalue weighted by Crippen LogP contribution is -2.09. The number of methoxy groups -OCH3 is 3. The van der Waals surface area contributed by atoms with Crippen LogP contribution in [0.3, 0.4) is 0 Å². The van der Waals surface area contributed by atoms with E-state index in [4.69, 9.17) is 23.7 Å². The van der Waals surface area contributed by atoms with Crippen LogP contribution in [0.15, 0.2) is 60.4 Å². The number of allylic oxidation sites excluding steroid dienone is 1. The van der Waals surface area contributed by atoms with Gasteiger partial charge in [-0.05, 0) is 48.9 Å². The monoisotopic (exact) mass is 446 g/mol. The average molecular weight is 446 g/mol. The zero-order chi connectivity index (χ0) is 23.5. The molecular weight excluding hydrogens is 424 g/mol. The van der Waals surface area contributed by atoms with Gasteiger partial charge in [0.1, 0.15) is 17.2 Å². The highest BCUT2D eigenvalue weighted by Gasteiger charge is 2.31. The Bertz CT molecular complexity index is 1270. The Morgan fingerprint density at radius 3 is 2.42 bits per heavy atom. The molecule has 3 aromatic rings. The molecule has 0 bridgehead atoms. The second-order valence-electron chi connectivity index (χ2n) is 7.26. The van der Waals surface area contributed by atoms with E-state index in [0.717, 1.165) is 0 Å². The fraction of sp³-hybridized carbons (Fsp3) is 0.154. The third kappa shape index (κ3) is 4.25. The molecule has 4 rings (SSSR count). The first kappa shape index (κ1) is 22.0. The fourth-order valence-corrected chi connectivity index (χ4v) is 3.62. The normalized spacial score (nSPS) is 13.3. The highest BCUT2D eigenvalue weighted by molar-refractivity contribution is 6.15. The lowest BCUT2D eigenvalue weighted by atomic mass is 10.0. The molecule has 0 fully saturated rings. The molecule has 0 spiro atoms. The van der Waals surface area contributed by atoms with E-state index in [9.17, 15) is 9.59 Å². The molecular formula is C26H22O7. The standard InChI is InChI=1S/C26H22O7/c1-15-11-19(32-26(28)17-8-5-9-18(12-17)29-2)14-21-23(15)24(27)22(33-21)13-16-7-6-10-20(30-3)25(16)31-4/h5-14H,1-4H3/b22-13-. The molecule has 33 heavy (non-hydrogen) atoms. The highest BCUT2D eigenvalue weighted by atomic mass is 16.5. The predicted molar refractivity (Wildman–Crippen MR) is 122 cm³/mol. The molecule has 1 heterocycles. The summed E-state index contributed by atoms with van der Waals surface area (Å²) in [6.07, 6.45) is 1.60. The van der Waals surface area contributed by atoms with Crippen LogP contribution in [0.2, 0.25) is 0 Å². The maximum atomic E-state index is 13.0. The third-order valence-corrected chi connectivity index (χ3v) is 5.18. The van der Waals surface area contributed by atoms with Crippen LogP contribution < -0.4 is 23.7 Å². The molecule has 0 unspecified atom stereocenters. The van der Waals surface area contributed by atoms with Crippen molar-refractivity contribution in [1.29, 1.82) is 0 Å². The minimum absolute atomic E-state index is 0.135. The van der Waals surface area contributed by atoms with Gasteiger partial charge < -0.3 is 23.7 Å². The van der Waals surface area contributed by atoms with E-state index in [1.807, 2.05) is 0 Å². The van der Waals surface area contributed by atoms with Gasteiger partial charge in [0.15, 0.2) is 17.3 Å². The van der Waals surface area contributed by atoms with Crippen LogP contribution in [0.5, 0.6) is 28.7 Å². The molecule has 0 amide bonds. The number of fused-ring (bicyclic) bond motifs is 1. The van der Waals surface area contributed by atoms with Crippen molar-refractivity contribution < 1.29 is 33.3 Å². The van der Waals surface area contributed by atoms with Crippen LogP contribution in [0.1, 0.15) is 31.8 Å². The Morgan fingerprint density at radius 2 is 1.70 bits per heavy atom. The van der Waals surface area contributed by atoms with Crippen LogP contribution in [0.4, 0.5) is 0 Å². The lowest BCUT2D eigenvalue weighted by molar-refractivity contribution is 0.0734. The summed E-state index contributed by atoms with van der Waals surface area (Å²) in [6.45, 7) is 1.76. The van der Waals surface area contributed by atoms with Gasteiger partial charge in [-0.3, -0.25) is 4.79 Å². The number of ketones is 1. The van der Waals surface area contributed by atoms with Gasteiger partial charge in [-0.15, -0.1) is 0 Å². The number of benzene rings is 3. The van der Waals surface area contributed by atoms with Crippen molar-refractivity contribution in [1.82, 2.24) is 0 Å². The molecule has 7 heteroatoms. The fourth-order valence-electron chi connectivity index (χ4n) is 3.62. The SMILES string of the molecule is COc1cccc(C(=O)Oc2cc(C)c3c(c2)O/C(=C\c2cccc(OC)c2OC)C3=O)c1. The van der Waals surface area contributed by atoms with Crippen molar-refractivity contribution in [3.05, 3.63) is 82.6 Å². The number of esters is 1. The Morgan fingerprint density at radius 1 is 0.909 bits per heavy atom. The average Bonchev–Trinajstić information content (AvgIpc) is 3.14. The first-order valence-corrected chi connectivity index (χ1v) is 10.1. The van der Waals surface area contributed by atoms with Crippen LogP contribution in [0, 0.1) is 6.92 Å². The maximum Gasteiger partial charge on any atom is 0.343 e. The third-order valence-electron chi connectivity index (χ3n) is 5.18. The number of carbonyl (C=O) groups is 2. The van der Waals surface area contributed by atoms with E-state index < -0.39 is 5.97 Å². The van der Waals surface area contributed by atoms with Gasteiger partial charge in [0, 0.05) is 11.6 Å². The number of hydrogen-bond donors (Lipinski definition) is 0. The quantitative estimate of drug-likeness (QED) is 0.304. The van der Waals surface area contributed by atoms with E-state index in [1.54, 1.807) is 68.6 Å². The van der Waals surface area contributed by atoms with E-state index in [1.165, 1.54) is 20.3 Å². The Labute approximate surface area is 191 Å². The summed E-state index contributed by atoms with van der Waals surface area (Å²) < 4.78 is 27.3. The first-order valence-electron chi connectivity index (χ1n) is 10.1. The van der Waals surface area contributed by atoms with Gasteiger partial charge in [0.05, 0.1) is 32.5 Å². The van der Waals surface area contributed by atoms with Crippen molar-refractivity contribution >= 4 is 17.8 Å². The van der Waals surface area contributed by atoms with Crippen LogP contribution >= 0.6 is 0 Å². The molecule has 0 saturated heterocycles. The van der Waals surface area contributed by atoms with E-state index in [0.29, 0.717) is 45.3 Å². The highest BCUT2D eigenvalue weighted by Crippen LogP contribution is 2.39. The number of para-hydroxylation sites is 1. The number of Topliss-reactive ketones (excluding diaryl/α,β-unsaturated/α-hetero) is 1. The number of ether oxygens (including phenoxy) is 5. The summed E-state index contributed by atoms with van der Waals surface area (Å²) in [5.41, 5.74) is 2.03. The molecule has 0 aliphatic carbocycles. The number of rotatable bonds is 6. The van der Waals surface area contributed by atoms with Crippen molar-refractivity contribution in [2.45, 2.75) is 6.92 Å². The molecule has 1 aliphatic heterocycles. The molecule has 0 atom stereocenters. The summed E-state index contributed by atoms with van der Waals surface area (Å²) in [7, 11) is 4.59. The first-order chi connectivity index (χ1) is 15.9. The second-order valence-corrected chi connectivity index (χ2v) is 7.26.